The number of benzene rings is 3. The first-order chi connectivity index (χ1) is 16.9. The third-order valence-corrected chi connectivity index (χ3v) is 6.97. The number of hydrogen-bond donors (Lipinski definition) is 2. The van der Waals surface area contributed by atoms with E-state index in [0.29, 0.717) is 16.5 Å². The molecule has 7 heteroatoms. The molecule has 0 saturated carbocycles. The molecule has 3 aromatic carbocycles. The SMILES string of the molecule is Cc1ccccc1-c1c2c(=O)n(C)c(=O)n(C)c2c2n1-c1ccccc1NC2c1ccccc1O. The number of hydrogen-bond acceptors (Lipinski definition) is 4. The van der Waals surface area contributed by atoms with Crippen molar-refractivity contribution in [1.82, 2.24) is 13.7 Å². The molecule has 1 aliphatic rings. The summed E-state index contributed by atoms with van der Waals surface area (Å²) in [7, 11) is 3.20. The van der Waals surface area contributed by atoms with Crippen molar-refractivity contribution in [2.75, 3.05) is 5.32 Å². The van der Waals surface area contributed by atoms with E-state index in [2.05, 4.69) is 9.88 Å². The van der Waals surface area contributed by atoms with Gasteiger partial charge >= 0.3 is 5.69 Å². The van der Waals surface area contributed by atoms with Gasteiger partial charge in [-0.3, -0.25) is 13.9 Å². The van der Waals surface area contributed by atoms with Gasteiger partial charge in [0.25, 0.3) is 5.56 Å². The third kappa shape index (κ3) is 2.84. The summed E-state index contributed by atoms with van der Waals surface area (Å²) in [5.74, 6) is 0.136. The number of para-hydroxylation sites is 3. The maximum absolute atomic E-state index is 13.7. The average Bonchev–Trinajstić information content (AvgIpc) is 3.23. The first-order valence-electron chi connectivity index (χ1n) is 11.4. The zero-order valence-electron chi connectivity index (χ0n) is 19.6. The minimum atomic E-state index is -0.496. The molecule has 1 atom stereocenters. The van der Waals surface area contributed by atoms with Crippen molar-refractivity contribution in [3.05, 3.63) is 110 Å². The van der Waals surface area contributed by atoms with Crippen LogP contribution in [0.5, 0.6) is 5.75 Å². The highest BCUT2D eigenvalue weighted by Crippen LogP contribution is 2.47. The number of aromatic nitrogens is 3. The molecule has 2 aromatic heterocycles. The molecule has 7 nitrogen and oxygen atoms in total. The molecule has 0 bridgehead atoms. The number of aromatic hydroxyl groups is 1. The second kappa shape index (κ2) is 7.50. The lowest BCUT2D eigenvalue weighted by atomic mass is 9.98. The molecule has 1 aliphatic heterocycles. The normalized spacial score (nSPS) is 14.4. The van der Waals surface area contributed by atoms with Gasteiger partial charge in [0.2, 0.25) is 0 Å². The molecular weight excluding hydrogens is 440 g/mol. The molecule has 2 N–H and O–H groups in total. The summed E-state index contributed by atoms with van der Waals surface area (Å²) in [5, 5.41) is 14.8. The van der Waals surface area contributed by atoms with Crippen LogP contribution in [0.25, 0.3) is 27.8 Å². The van der Waals surface area contributed by atoms with E-state index in [1.165, 1.54) is 11.6 Å². The highest BCUT2D eigenvalue weighted by Gasteiger charge is 2.35. The van der Waals surface area contributed by atoms with E-state index in [4.69, 9.17) is 0 Å². The molecule has 0 aliphatic carbocycles. The smallest absolute Gasteiger partial charge is 0.331 e. The van der Waals surface area contributed by atoms with Crippen molar-refractivity contribution in [3.63, 3.8) is 0 Å². The van der Waals surface area contributed by atoms with Crippen molar-refractivity contribution in [1.29, 1.82) is 0 Å². The van der Waals surface area contributed by atoms with Gasteiger partial charge in [0, 0.05) is 25.2 Å². The number of rotatable bonds is 2. The summed E-state index contributed by atoms with van der Waals surface area (Å²) < 4.78 is 4.77. The van der Waals surface area contributed by atoms with Crippen LogP contribution in [0.1, 0.15) is 22.9 Å². The largest absolute Gasteiger partial charge is 0.508 e. The summed E-state index contributed by atoms with van der Waals surface area (Å²) in [6.45, 7) is 2.01. The molecule has 0 amide bonds. The predicted octanol–water partition coefficient (Wildman–Crippen LogP) is 4.22. The molecule has 3 heterocycles. The predicted molar refractivity (Wildman–Crippen MR) is 138 cm³/mol. The number of phenolic OH excluding ortho intramolecular Hbond substituents is 1. The molecule has 6 rings (SSSR count). The Labute approximate surface area is 201 Å². The first-order valence-corrected chi connectivity index (χ1v) is 11.4. The highest BCUT2D eigenvalue weighted by atomic mass is 16.3. The minimum Gasteiger partial charge on any atom is -0.508 e. The molecule has 0 radical (unpaired) electrons. The summed E-state index contributed by atoms with van der Waals surface area (Å²) in [4.78, 5) is 26.8. The average molecular weight is 465 g/mol. The molecule has 1 unspecified atom stereocenters. The molecule has 174 valence electrons. The Balaban J connectivity index is 1.90. The highest BCUT2D eigenvalue weighted by molar-refractivity contribution is 6.00. The van der Waals surface area contributed by atoms with Gasteiger partial charge in [-0.05, 0) is 30.7 Å². The van der Waals surface area contributed by atoms with Crippen LogP contribution < -0.4 is 16.6 Å². The van der Waals surface area contributed by atoms with E-state index in [0.717, 1.165) is 38.5 Å². The second-order valence-electron chi connectivity index (χ2n) is 8.97. The number of fused-ring (bicyclic) bond motifs is 5. The lowest BCUT2D eigenvalue weighted by Gasteiger charge is -2.31. The molecule has 35 heavy (non-hydrogen) atoms. The van der Waals surface area contributed by atoms with Gasteiger partial charge in [0.1, 0.15) is 5.75 Å². The third-order valence-electron chi connectivity index (χ3n) is 6.97. The van der Waals surface area contributed by atoms with Gasteiger partial charge in [0.05, 0.1) is 39.7 Å². The number of aryl methyl sites for hydroxylation is 2. The fraction of sp³-hybridized carbons (Fsp3) is 0.143. The fourth-order valence-electron chi connectivity index (χ4n) is 5.28. The van der Waals surface area contributed by atoms with E-state index in [-0.39, 0.29) is 11.3 Å². The number of phenols is 1. The number of nitrogens with zero attached hydrogens (tertiary/aromatic N) is 3. The Kier molecular flexibility index (Phi) is 4.51. The van der Waals surface area contributed by atoms with E-state index in [1.54, 1.807) is 19.2 Å². The van der Waals surface area contributed by atoms with Gasteiger partial charge in [0.15, 0.2) is 0 Å². The monoisotopic (exact) mass is 464 g/mol. The van der Waals surface area contributed by atoms with Crippen molar-refractivity contribution in [2.45, 2.75) is 13.0 Å². The van der Waals surface area contributed by atoms with Crippen LogP contribution >= 0.6 is 0 Å². The van der Waals surface area contributed by atoms with Crippen LogP contribution in [0.15, 0.2) is 82.4 Å². The zero-order valence-corrected chi connectivity index (χ0v) is 19.6. The van der Waals surface area contributed by atoms with Crippen molar-refractivity contribution >= 4 is 16.6 Å². The van der Waals surface area contributed by atoms with Crippen LogP contribution in [0, 0.1) is 6.92 Å². The lowest BCUT2D eigenvalue weighted by Crippen LogP contribution is -2.37. The molecule has 0 fully saturated rings. The Morgan fingerprint density at radius 2 is 1.54 bits per heavy atom. The minimum absolute atomic E-state index is 0.136. The van der Waals surface area contributed by atoms with Gasteiger partial charge in [-0.25, -0.2) is 4.79 Å². The quantitative estimate of drug-likeness (QED) is 0.410. The standard InChI is InChI=1S/C28H24N4O3/c1-16-10-4-5-11-17(16)24-22-25(30(2)28(35)31(3)27(22)34)26-23(18-12-6-9-15-21(18)33)29-19-13-7-8-14-20(19)32(24)26/h4-15,23,29,33H,1-3H3. The number of anilines is 1. The maximum atomic E-state index is 13.7. The van der Waals surface area contributed by atoms with E-state index in [9.17, 15) is 14.7 Å². The lowest BCUT2D eigenvalue weighted by molar-refractivity contribution is 0.465. The first kappa shape index (κ1) is 21.0. The summed E-state index contributed by atoms with van der Waals surface area (Å²) in [6, 6.07) is 22.5. The van der Waals surface area contributed by atoms with Crippen LogP contribution in [-0.4, -0.2) is 18.8 Å². The van der Waals surface area contributed by atoms with E-state index < -0.39 is 11.7 Å². The van der Waals surface area contributed by atoms with Gasteiger partial charge in [-0.1, -0.05) is 54.6 Å². The molecule has 5 aromatic rings. The topological polar surface area (TPSA) is 81.2 Å². The van der Waals surface area contributed by atoms with Crippen LogP contribution in [0.2, 0.25) is 0 Å². The van der Waals surface area contributed by atoms with E-state index in [1.807, 2.05) is 67.6 Å². The molecular formula is C28H24N4O3. The second-order valence-corrected chi connectivity index (χ2v) is 8.97. The Bertz CT molecular complexity index is 1770. The molecule has 0 spiro atoms. The Hall–Kier alpha value is -4.52. The van der Waals surface area contributed by atoms with Crippen LogP contribution in [-0.2, 0) is 14.1 Å². The Morgan fingerprint density at radius 3 is 2.31 bits per heavy atom. The van der Waals surface area contributed by atoms with Crippen molar-refractivity contribution < 1.29 is 5.11 Å². The summed E-state index contributed by atoms with van der Waals surface area (Å²) in [5.41, 5.74) is 5.59. The van der Waals surface area contributed by atoms with Crippen molar-refractivity contribution in [2.24, 2.45) is 14.1 Å². The fourth-order valence-corrected chi connectivity index (χ4v) is 5.28. The summed E-state index contributed by atoms with van der Waals surface area (Å²) in [6.07, 6.45) is 0. The van der Waals surface area contributed by atoms with Gasteiger partial charge < -0.3 is 15.0 Å². The van der Waals surface area contributed by atoms with Gasteiger partial charge in [-0.15, -0.1) is 0 Å². The van der Waals surface area contributed by atoms with Gasteiger partial charge in [-0.2, -0.15) is 0 Å². The zero-order chi connectivity index (χ0) is 24.4. The van der Waals surface area contributed by atoms with E-state index >= 15 is 0 Å². The van der Waals surface area contributed by atoms with Crippen molar-refractivity contribution in [3.8, 4) is 22.7 Å². The summed E-state index contributed by atoms with van der Waals surface area (Å²) >= 11 is 0. The van der Waals surface area contributed by atoms with Crippen LogP contribution in [0.4, 0.5) is 5.69 Å². The number of nitrogens with one attached hydrogen (secondary N) is 1. The Morgan fingerprint density at radius 1 is 0.857 bits per heavy atom. The molecule has 0 saturated heterocycles. The maximum Gasteiger partial charge on any atom is 0.331 e. The van der Waals surface area contributed by atoms with Crippen LogP contribution in [0.3, 0.4) is 0 Å².